The van der Waals surface area contributed by atoms with Gasteiger partial charge in [-0.25, -0.2) is 0 Å². The molecule has 2 heterocycles. The van der Waals surface area contributed by atoms with Gasteiger partial charge in [-0.05, 0) is 37.6 Å². The van der Waals surface area contributed by atoms with Gasteiger partial charge in [0.05, 0.1) is 0 Å². The van der Waals surface area contributed by atoms with Crippen molar-refractivity contribution in [3.8, 4) is 0 Å². The van der Waals surface area contributed by atoms with Crippen LogP contribution in [0.5, 0.6) is 0 Å². The molecule has 2 nitrogen and oxygen atoms in total. The quantitative estimate of drug-likeness (QED) is 0.716. The number of hydrogen-bond acceptors (Lipinski definition) is 2. The van der Waals surface area contributed by atoms with Crippen LogP contribution in [-0.2, 0) is 0 Å². The minimum Gasteiger partial charge on any atom is -0.312 e. The van der Waals surface area contributed by atoms with E-state index in [9.17, 15) is 0 Å². The van der Waals surface area contributed by atoms with E-state index in [2.05, 4.69) is 10.2 Å². The van der Waals surface area contributed by atoms with Crippen molar-refractivity contribution in [3.63, 3.8) is 0 Å². The lowest BCUT2D eigenvalue weighted by Gasteiger charge is -2.20. The van der Waals surface area contributed by atoms with Gasteiger partial charge in [0.2, 0.25) is 0 Å². The molecule has 0 aromatic heterocycles. The Bertz CT molecular complexity index is 186. The van der Waals surface area contributed by atoms with Crippen LogP contribution in [0.2, 0.25) is 0 Å². The predicted octanol–water partition coefficient (Wildman–Crippen LogP) is 1.47. The Labute approximate surface area is 87.0 Å². The third kappa shape index (κ3) is 1.70. The molecule has 2 saturated heterocycles. The molecular formula is C12H22N2. The monoisotopic (exact) mass is 194 g/mol. The van der Waals surface area contributed by atoms with Gasteiger partial charge in [-0.3, -0.25) is 0 Å². The van der Waals surface area contributed by atoms with Crippen molar-refractivity contribution in [2.45, 2.75) is 38.1 Å². The highest BCUT2D eigenvalue weighted by molar-refractivity contribution is 4.94. The minimum absolute atomic E-state index is 0.844. The molecule has 2 atom stereocenters. The molecule has 3 aliphatic rings. The van der Waals surface area contributed by atoms with Crippen LogP contribution in [0.15, 0.2) is 0 Å². The molecule has 0 aromatic rings. The molecule has 0 bridgehead atoms. The summed E-state index contributed by atoms with van der Waals surface area (Å²) in [7, 11) is 0. The number of hydrogen-bond donors (Lipinski definition) is 1. The Morgan fingerprint density at radius 2 is 1.93 bits per heavy atom. The summed E-state index contributed by atoms with van der Waals surface area (Å²) in [5.74, 6) is 2.02. The van der Waals surface area contributed by atoms with Crippen molar-refractivity contribution in [2.75, 3.05) is 26.2 Å². The standard InChI is InChI=1S/C12H22N2/c1-2-4-10(3-1)7-14-8-11-5-6-13-12(11)9-14/h10-13H,1-9H2/t11-,12+/m0/s1. The molecule has 1 aliphatic carbocycles. The fraction of sp³-hybridized carbons (Fsp3) is 1.00. The Kier molecular flexibility index (Phi) is 2.50. The van der Waals surface area contributed by atoms with Gasteiger partial charge in [-0.15, -0.1) is 0 Å². The molecule has 3 fully saturated rings. The van der Waals surface area contributed by atoms with Gasteiger partial charge in [-0.1, -0.05) is 12.8 Å². The van der Waals surface area contributed by atoms with Crippen molar-refractivity contribution in [1.29, 1.82) is 0 Å². The molecule has 0 radical (unpaired) electrons. The second-order valence-electron chi connectivity index (χ2n) is 5.48. The summed E-state index contributed by atoms with van der Waals surface area (Å²) in [6, 6.07) is 0.844. The number of likely N-dealkylation sites (tertiary alicyclic amines) is 1. The summed E-state index contributed by atoms with van der Waals surface area (Å²) < 4.78 is 0. The summed E-state index contributed by atoms with van der Waals surface area (Å²) in [5.41, 5.74) is 0. The van der Waals surface area contributed by atoms with E-state index in [0.29, 0.717) is 0 Å². The fourth-order valence-electron chi connectivity index (χ4n) is 3.65. The van der Waals surface area contributed by atoms with Crippen LogP contribution in [-0.4, -0.2) is 37.1 Å². The maximum Gasteiger partial charge on any atom is 0.0235 e. The van der Waals surface area contributed by atoms with E-state index in [1.807, 2.05) is 0 Å². The van der Waals surface area contributed by atoms with Crippen molar-refractivity contribution in [3.05, 3.63) is 0 Å². The Hall–Kier alpha value is -0.0800. The van der Waals surface area contributed by atoms with Crippen LogP contribution in [0.25, 0.3) is 0 Å². The molecule has 1 saturated carbocycles. The highest BCUT2D eigenvalue weighted by Gasteiger charge is 2.36. The lowest BCUT2D eigenvalue weighted by Crippen LogP contribution is -2.32. The van der Waals surface area contributed by atoms with Crippen LogP contribution in [0.4, 0.5) is 0 Å². The van der Waals surface area contributed by atoms with Gasteiger partial charge in [0.25, 0.3) is 0 Å². The first-order valence-electron chi connectivity index (χ1n) is 6.37. The van der Waals surface area contributed by atoms with Crippen LogP contribution < -0.4 is 5.32 Å². The molecular weight excluding hydrogens is 172 g/mol. The van der Waals surface area contributed by atoms with E-state index in [-0.39, 0.29) is 0 Å². The molecule has 1 N–H and O–H groups in total. The number of rotatable bonds is 2. The van der Waals surface area contributed by atoms with Gasteiger partial charge >= 0.3 is 0 Å². The summed E-state index contributed by atoms with van der Waals surface area (Å²) in [4.78, 5) is 2.72. The average molecular weight is 194 g/mol. The molecule has 2 aliphatic heterocycles. The molecule has 0 unspecified atom stereocenters. The smallest absolute Gasteiger partial charge is 0.0235 e. The van der Waals surface area contributed by atoms with Crippen LogP contribution in [0.1, 0.15) is 32.1 Å². The lowest BCUT2D eigenvalue weighted by atomic mass is 10.1. The zero-order chi connectivity index (χ0) is 9.38. The van der Waals surface area contributed by atoms with E-state index in [1.54, 1.807) is 0 Å². The largest absolute Gasteiger partial charge is 0.312 e. The normalized spacial score (nSPS) is 39.4. The van der Waals surface area contributed by atoms with Crippen LogP contribution >= 0.6 is 0 Å². The Balaban J connectivity index is 1.50. The van der Waals surface area contributed by atoms with Gasteiger partial charge < -0.3 is 10.2 Å². The molecule has 2 heteroatoms. The zero-order valence-electron chi connectivity index (χ0n) is 9.04. The predicted molar refractivity (Wildman–Crippen MR) is 58.3 cm³/mol. The molecule has 14 heavy (non-hydrogen) atoms. The van der Waals surface area contributed by atoms with E-state index in [1.165, 1.54) is 58.3 Å². The maximum atomic E-state index is 3.63. The van der Waals surface area contributed by atoms with E-state index < -0.39 is 0 Å². The summed E-state index contributed by atoms with van der Waals surface area (Å²) in [6.07, 6.45) is 7.40. The highest BCUT2D eigenvalue weighted by Crippen LogP contribution is 2.29. The Morgan fingerprint density at radius 1 is 1.07 bits per heavy atom. The maximum absolute atomic E-state index is 3.63. The van der Waals surface area contributed by atoms with E-state index >= 15 is 0 Å². The van der Waals surface area contributed by atoms with Crippen LogP contribution in [0.3, 0.4) is 0 Å². The van der Waals surface area contributed by atoms with Gasteiger partial charge in [0.15, 0.2) is 0 Å². The van der Waals surface area contributed by atoms with Crippen molar-refractivity contribution in [1.82, 2.24) is 10.2 Å². The summed E-state index contributed by atoms with van der Waals surface area (Å²) in [6.45, 7) is 5.39. The van der Waals surface area contributed by atoms with Crippen molar-refractivity contribution >= 4 is 0 Å². The van der Waals surface area contributed by atoms with E-state index in [0.717, 1.165) is 17.9 Å². The van der Waals surface area contributed by atoms with Crippen LogP contribution in [0, 0.1) is 11.8 Å². The first-order chi connectivity index (χ1) is 6.92. The van der Waals surface area contributed by atoms with Gasteiger partial charge in [-0.2, -0.15) is 0 Å². The van der Waals surface area contributed by atoms with E-state index in [4.69, 9.17) is 0 Å². The fourth-order valence-corrected chi connectivity index (χ4v) is 3.65. The van der Waals surface area contributed by atoms with Crippen molar-refractivity contribution < 1.29 is 0 Å². The number of nitrogens with zero attached hydrogens (tertiary/aromatic N) is 1. The minimum atomic E-state index is 0.844. The topological polar surface area (TPSA) is 15.3 Å². The average Bonchev–Trinajstić information content (AvgIpc) is 2.78. The van der Waals surface area contributed by atoms with Gasteiger partial charge in [0, 0.05) is 25.7 Å². The third-order valence-electron chi connectivity index (χ3n) is 4.43. The molecule has 3 rings (SSSR count). The molecule has 0 spiro atoms. The summed E-state index contributed by atoms with van der Waals surface area (Å²) >= 11 is 0. The highest BCUT2D eigenvalue weighted by atomic mass is 15.2. The number of nitrogens with one attached hydrogen (secondary N) is 1. The first-order valence-corrected chi connectivity index (χ1v) is 6.37. The Morgan fingerprint density at radius 3 is 2.71 bits per heavy atom. The van der Waals surface area contributed by atoms with Crippen molar-refractivity contribution in [2.24, 2.45) is 11.8 Å². The lowest BCUT2D eigenvalue weighted by molar-refractivity contribution is 0.263. The van der Waals surface area contributed by atoms with Gasteiger partial charge in [0.1, 0.15) is 0 Å². The second-order valence-corrected chi connectivity index (χ2v) is 5.48. The molecule has 80 valence electrons. The first kappa shape index (κ1) is 9.17. The molecule has 0 amide bonds. The number of fused-ring (bicyclic) bond motifs is 1. The third-order valence-corrected chi connectivity index (χ3v) is 4.43. The SMILES string of the molecule is C1CCC(CN2C[C@@H]3CCN[C@@H]3C2)C1. The molecule has 0 aromatic carbocycles. The second kappa shape index (κ2) is 3.82. The summed E-state index contributed by atoms with van der Waals surface area (Å²) in [5, 5.41) is 3.63. The zero-order valence-corrected chi connectivity index (χ0v) is 9.04.